The van der Waals surface area contributed by atoms with E-state index in [1.54, 1.807) is 16.7 Å². The summed E-state index contributed by atoms with van der Waals surface area (Å²) in [6.07, 6.45) is -0.125. The van der Waals surface area contributed by atoms with Gasteiger partial charge in [-0.15, -0.1) is 0 Å². The maximum Gasteiger partial charge on any atom is 0.335 e. The SMILES string of the molecule is CC(C)Oc1cc(C(=O)O)cc2ccc(=O)n(CCN(C)C)c12. The van der Waals surface area contributed by atoms with Gasteiger partial charge in [0.05, 0.1) is 17.2 Å². The molecule has 0 saturated heterocycles. The van der Waals surface area contributed by atoms with Crippen LogP contribution in [0.3, 0.4) is 0 Å². The molecule has 2 aromatic rings. The number of hydrogen-bond acceptors (Lipinski definition) is 4. The molecule has 6 heteroatoms. The lowest BCUT2D eigenvalue weighted by atomic mass is 10.1. The van der Waals surface area contributed by atoms with E-state index in [1.807, 2.05) is 32.8 Å². The zero-order chi connectivity index (χ0) is 17.1. The number of aromatic carboxylic acids is 1. The normalized spacial score (nSPS) is 11.4. The molecule has 0 unspecified atom stereocenters. The van der Waals surface area contributed by atoms with Crippen molar-refractivity contribution in [3.05, 3.63) is 40.2 Å². The Labute approximate surface area is 134 Å². The molecule has 0 aliphatic rings. The third-order valence-corrected chi connectivity index (χ3v) is 3.43. The molecule has 1 heterocycles. The molecule has 0 atom stereocenters. The summed E-state index contributed by atoms with van der Waals surface area (Å²) in [7, 11) is 3.87. The van der Waals surface area contributed by atoms with Crippen LogP contribution in [0.2, 0.25) is 0 Å². The molecular formula is C17H22N2O4. The van der Waals surface area contributed by atoms with Gasteiger partial charge < -0.3 is 19.3 Å². The van der Waals surface area contributed by atoms with Gasteiger partial charge in [0.2, 0.25) is 0 Å². The molecule has 1 aromatic heterocycles. The second-order valence-electron chi connectivity index (χ2n) is 6.01. The molecule has 124 valence electrons. The van der Waals surface area contributed by atoms with Gasteiger partial charge in [-0.1, -0.05) is 0 Å². The number of carboxylic acids is 1. The van der Waals surface area contributed by atoms with Crippen LogP contribution in [0, 0.1) is 0 Å². The number of rotatable bonds is 6. The van der Waals surface area contributed by atoms with Crippen molar-refractivity contribution in [3.63, 3.8) is 0 Å². The van der Waals surface area contributed by atoms with Gasteiger partial charge >= 0.3 is 5.97 Å². The van der Waals surface area contributed by atoms with Gasteiger partial charge in [-0.05, 0) is 46.1 Å². The van der Waals surface area contributed by atoms with Crippen LogP contribution in [0.1, 0.15) is 24.2 Å². The molecule has 0 spiro atoms. The van der Waals surface area contributed by atoms with E-state index in [2.05, 4.69) is 0 Å². The lowest BCUT2D eigenvalue weighted by Gasteiger charge is -2.18. The summed E-state index contributed by atoms with van der Waals surface area (Å²) in [5, 5.41) is 9.95. The first-order chi connectivity index (χ1) is 10.8. The number of likely N-dealkylation sites (N-methyl/N-ethyl adjacent to an activating group) is 1. The molecule has 0 fully saturated rings. The highest BCUT2D eigenvalue weighted by molar-refractivity contribution is 5.96. The Morgan fingerprint density at radius 1 is 1.30 bits per heavy atom. The Morgan fingerprint density at radius 3 is 2.57 bits per heavy atom. The highest BCUT2D eigenvalue weighted by Gasteiger charge is 2.15. The Hall–Kier alpha value is -2.34. The highest BCUT2D eigenvalue weighted by Crippen LogP contribution is 2.28. The minimum Gasteiger partial charge on any atom is -0.489 e. The molecule has 6 nitrogen and oxygen atoms in total. The van der Waals surface area contributed by atoms with Crippen molar-refractivity contribution in [1.82, 2.24) is 9.47 Å². The number of nitrogens with zero attached hydrogens (tertiary/aromatic N) is 2. The Bertz CT molecular complexity index is 778. The van der Waals surface area contributed by atoms with Crippen molar-refractivity contribution in [2.75, 3.05) is 20.6 Å². The van der Waals surface area contributed by atoms with Crippen LogP contribution in [0.25, 0.3) is 10.9 Å². The first-order valence-corrected chi connectivity index (χ1v) is 7.52. The topological polar surface area (TPSA) is 71.8 Å². The molecule has 0 amide bonds. The van der Waals surface area contributed by atoms with Crippen molar-refractivity contribution in [2.24, 2.45) is 0 Å². The van der Waals surface area contributed by atoms with E-state index in [0.29, 0.717) is 29.7 Å². The summed E-state index contributed by atoms with van der Waals surface area (Å²) in [5.74, 6) is -0.599. The summed E-state index contributed by atoms with van der Waals surface area (Å²) in [4.78, 5) is 25.6. The summed E-state index contributed by atoms with van der Waals surface area (Å²) in [6.45, 7) is 4.93. The molecule has 1 N–H and O–H groups in total. The second-order valence-corrected chi connectivity index (χ2v) is 6.01. The molecule has 0 aliphatic carbocycles. The van der Waals surface area contributed by atoms with Gasteiger partial charge in [0.1, 0.15) is 5.75 Å². The van der Waals surface area contributed by atoms with Crippen molar-refractivity contribution >= 4 is 16.9 Å². The van der Waals surface area contributed by atoms with Gasteiger partial charge in [-0.25, -0.2) is 4.79 Å². The fourth-order valence-corrected chi connectivity index (χ4v) is 2.40. The number of aromatic nitrogens is 1. The van der Waals surface area contributed by atoms with Gasteiger partial charge in [-0.3, -0.25) is 4.79 Å². The maximum absolute atomic E-state index is 12.3. The molecule has 2 rings (SSSR count). The third-order valence-electron chi connectivity index (χ3n) is 3.43. The predicted octanol–water partition coefficient (Wildman–Crippen LogP) is 2.05. The zero-order valence-electron chi connectivity index (χ0n) is 13.9. The van der Waals surface area contributed by atoms with Crippen molar-refractivity contribution in [3.8, 4) is 5.75 Å². The molecule has 23 heavy (non-hydrogen) atoms. The van der Waals surface area contributed by atoms with Crippen molar-refractivity contribution < 1.29 is 14.6 Å². The van der Waals surface area contributed by atoms with Gasteiger partial charge in [0, 0.05) is 24.5 Å². The molecule has 0 bridgehead atoms. The number of benzene rings is 1. The van der Waals surface area contributed by atoms with Crippen LogP contribution in [-0.4, -0.2) is 47.3 Å². The van der Waals surface area contributed by atoms with Gasteiger partial charge in [0.25, 0.3) is 5.56 Å². The Kier molecular flexibility index (Phi) is 5.05. The lowest BCUT2D eigenvalue weighted by Crippen LogP contribution is -2.27. The first-order valence-electron chi connectivity index (χ1n) is 7.52. The standard InChI is InChI=1S/C17H22N2O4/c1-11(2)23-14-10-13(17(21)22)9-12-5-6-15(20)19(16(12)14)8-7-18(3)4/h5-6,9-11H,7-8H2,1-4H3,(H,21,22). The van der Waals surface area contributed by atoms with Crippen LogP contribution in [0.4, 0.5) is 0 Å². The van der Waals surface area contributed by atoms with E-state index < -0.39 is 5.97 Å². The molecule has 0 saturated carbocycles. The largest absolute Gasteiger partial charge is 0.489 e. The smallest absolute Gasteiger partial charge is 0.335 e. The number of hydrogen-bond donors (Lipinski definition) is 1. The summed E-state index contributed by atoms with van der Waals surface area (Å²) >= 11 is 0. The highest BCUT2D eigenvalue weighted by atomic mass is 16.5. The van der Waals surface area contributed by atoms with Crippen LogP contribution in [-0.2, 0) is 6.54 Å². The Balaban J connectivity index is 2.71. The average Bonchev–Trinajstić information content (AvgIpc) is 2.45. The second kappa shape index (κ2) is 6.83. The van der Waals surface area contributed by atoms with E-state index in [-0.39, 0.29) is 17.2 Å². The lowest BCUT2D eigenvalue weighted by molar-refractivity contribution is 0.0696. The third kappa shape index (κ3) is 3.90. The number of carboxylic acid groups (broad SMARTS) is 1. The predicted molar refractivity (Wildman–Crippen MR) is 89.5 cm³/mol. The molecular weight excluding hydrogens is 296 g/mol. The summed E-state index contributed by atoms with van der Waals surface area (Å²) in [6, 6.07) is 6.15. The van der Waals surface area contributed by atoms with E-state index in [9.17, 15) is 14.7 Å². The molecule has 0 radical (unpaired) electrons. The average molecular weight is 318 g/mol. The molecule has 1 aromatic carbocycles. The zero-order valence-corrected chi connectivity index (χ0v) is 13.9. The number of ether oxygens (including phenoxy) is 1. The summed E-state index contributed by atoms with van der Waals surface area (Å²) in [5.41, 5.74) is 0.653. The van der Waals surface area contributed by atoms with Crippen LogP contribution in [0.15, 0.2) is 29.1 Å². The van der Waals surface area contributed by atoms with E-state index in [4.69, 9.17) is 4.74 Å². The van der Waals surface area contributed by atoms with E-state index >= 15 is 0 Å². The first kappa shape index (κ1) is 17.0. The van der Waals surface area contributed by atoms with Crippen LogP contribution >= 0.6 is 0 Å². The fourth-order valence-electron chi connectivity index (χ4n) is 2.40. The van der Waals surface area contributed by atoms with E-state index in [0.717, 1.165) is 0 Å². The fraction of sp³-hybridized carbons (Fsp3) is 0.412. The van der Waals surface area contributed by atoms with Crippen LogP contribution in [0.5, 0.6) is 5.75 Å². The molecule has 0 aliphatic heterocycles. The monoisotopic (exact) mass is 318 g/mol. The number of fused-ring (bicyclic) bond motifs is 1. The number of carbonyl (C=O) groups is 1. The van der Waals surface area contributed by atoms with Gasteiger partial charge in [0.15, 0.2) is 0 Å². The van der Waals surface area contributed by atoms with Gasteiger partial charge in [-0.2, -0.15) is 0 Å². The van der Waals surface area contributed by atoms with Crippen molar-refractivity contribution in [1.29, 1.82) is 0 Å². The minimum absolute atomic E-state index is 0.125. The van der Waals surface area contributed by atoms with Crippen molar-refractivity contribution in [2.45, 2.75) is 26.5 Å². The minimum atomic E-state index is -1.02. The van der Waals surface area contributed by atoms with E-state index in [1.165, 1.54) is 12.1 Å². The maximum atomic E-state index is 12.3. The quantitative estimate of drug-likeness (QED) is 0.882. The Morgan fingerprint density at radius 2 is 2.00 bits per heavy atom. The van der Waals surface area contributed by atoms with Crippen LogP contribution < -0.4 is 10.3 Å². The number of pyridine rings is 1. The summed E-state index contributed by atoms with van der Waals surface area (Å²) < 4.78 is 7.42.